The largest absolute Gasteiger partial charge is 0.349 e. The Balaban J connectivity index is 1.72. The van der Waals surface area contributed by atoms with Gasteiger partial charge >= 0.3 is 0 Å². The van der Waals surface area contributed by atoms with Crippen molar-refractivity contribution in [1.82, 2.24) is 14.5 Å². The lowest BCUT2D eigenvalue weighted by Crippen LogP contribution is -3.10. The van der Waals surface area contributed by atoms with E-state index in [4.69, 9.17) is 4.98 Å². The molecule has 0 bridgehead atoms. The molecule has 0 unspecified atom stereocenters. The van der Waals surface area contributed by atoms with Crippen molar-refractivity contribution in [3.63, 3.8) is 0 Å². The van der Waals surface area contributed by atoms with Gasteiger partial charge in [0.05, 0.1) is 25.4 Å². The Bertz CT molecular complexity index is 969. The second-order valence-electron chi connectivity index (χ2n) is 6.55. The first kappa shape index (κ1) is 16.4. The molecule has 1 aromatic carbocycles. The number of hydrogen-bond acceptors (Lipinski definition) is 3. The highest BCUT2D eigenvalue weighted by molar-refractivity contribution is 7.99. The molecule has 2 N–H and O–H groups in total. The van der Waals surface area contributed by atoms with Crippen molar-refractivity contribution in [3.05, 3.63) is 47.3 Å². The second kappa shape index (κ2) is 7.06. The van der Waals surface area contributed by atoms with E-state index in [0.29, 0.717) is 12.1 Å². The molecule has 0 aliphatic carbocycles. The van der Waals surface area contributed by atoms with E-state index in [1.165, 1.54) is 25.9 Å². The predicted octanol–water partition coefficient (Wildman–Crippen LogP) is 1.83. The monoisotopic (exact) mass is 355 g/mol. The van der Waals surface area contributed by atoms with Crippen LogP contribution in [0.5, 0.6) is 0 Å². The number of thioether (sulfide) groups is 1. The molecule has 1 saturated heterocycles. The highest BCUT2D eigenvalue weighted by Crippen LogP contribution is 2.24. The fourth-order valence-electron chi connectivity index (χ4n) is 3.59. The van der Waals surface area contributed by atoms with Crippen LogP contribution in [-0.2, 0) is 6.54 Å². The fourth-order valence-corrected chi connectivity index (χ4v) is 4.63. The van der Waals surface area contributed by atoms with Crippen LogP contribution >= 0.6 is 11.8 Å². The number of nitrogens with one attached hydrogen (secondary N) is 2. The summed E-state index contributed by atoms with van der Waals surface area (Å²) in [6.45, 7) is 7.95. The summed E-state index contributed by atoms with van der Waals surface area (Å²) in [5.74, 6) is 0.979. The molecule has 1 fully saturated rings. The lowest BCUT2D eigenvalue weighted by molar-refractivity contribution is -0.884. The van der Waals surface area contributed by atoms with Crippen LogP contribution in [0.1, 0.15) is 12.8 Å². The summed E-state index contributed by atoms with van der Waals surface area (Å²) in [6.07, 6.45) is 4.43. The minimum atomic E-state index is -0.0166. The minimum Gasteiger partial charge on any atom is -0.349 e. The summed E-state index contributed by atoms with van der Waals surface area (Å²) < 4.78 is 1.73. The minimum absolute atomic E-state index is 0.0166. The molecule has 130 valence electrons. The molecule has 0 atom stereocenters. The highest BCUT2D eigenvalue weighted by atomic mass is 32.2. The van der Waals surface area contributed by atoms with E-state index in [1.807, 2.05) is 24.3 Å². The van der Waals surface area contributed by atoms with Gasteiger partial charge in [0.1, 0.15) is 11.0 Å². The Morgan fingerprint density at radius 3 is 2.92 bits per heavy atom. The van der Waals surface area contributed by atoms with Gasteiger partial charge in [-0.05, 0) is 6.07 Å². The number of aromatic amines is 1. The van der Waals surface area contributed by atoms with Crippen LogP contribution in [0.25, 0.3) is 21.9 Å². The number of nitrogens with zero attached hydrogens (tertiary/aromatic N) is 2. The topological polar surface area (TPSA) is 55.1 Å². The van der Waals surface area contributed by atoms with Crippen LogP contribution in [0.4, 0.5) is 0 Å². The maximum Gasteiger partial charge on any atom is 0.278 e. The number of benzene rings is 1. The summed E-state index contributed by atoms with van der Waals surface area (Å²) in [5, 5.41) is 1.80. The third-order valence-electron chi connectivity index (χ3n) is 4.89. The number of H-pyrrole nitrogens is 1. The molecular formula is C19H23N4OS+. The maximum atomic E-state index is 13.0. The summed E-state index contributed by atoms with van der Waals surface area (Å²) in [7, 11) is 0. The van der Waals surface area contributed by atoms with E-state index in [2.05, 4.69) is 11.6 Å². The van der Waals surface area contributed by atoms with Crippen molar-refractivity contribution in [2.75, 3.05) is 25.4 Å². The normalized spacial score (nSPS) is 15.4. The van der Waals surface area contributed by atoms with Gasteiger partial charge in [-0.3, -0.25) is 9.36 Å². The Labute approximate surface area is 150 Å². The quantitative estimate of drug-likeness (QED) is 0.403. The third-order valence-corrected chi connectivity index (χ3v) is 5.86. The van der Waals surface area contributed by atoms with E-state index >= 15 is 0 Å². The first-order chi connectivity index (χ1) is 12.3. The summed E-state index contributed by atoms with van der Waals surface area (Å²) in [6, 6.07) is 7.95. The number of rotatable bonds is 6. The average molecular weight is 355 g/mol. The summed E-state index contributed by atoms with van der Waals surface area (Å²) >= 11 is 1.68. The Morgan fingerprint density at radius 1 is 1.32 bits per heavy atom. The first-order valence-electron chi connectivity index (χ1n) is 8.86. The zero-order valence-corrected chi connectivity index (χ0v) is 15.1. The van der Waals surface area contributed by atoms with Gasteiger partial charge in [-0.15, -0.1) is 6.58 Å². The first-order valence-corrected chi connectivity index (χ1v) is 9.85. The number of aromatic nitrogens is 3. The van der Waals surface area contributed by atoms with Crippen LogP contribution in [0, 0.1) is 0 Å². The molecule has 3 aromatic rings. The van der Waals surface area contributed by atoms with E-state index in [1.54, 1.807) is 27.3 Å². The molecule has 4 rings (SSSR count). The Morgan fingerprint density at radius 2 is 2.12 bits per heavy atom. The van der Waals surface area contributed by atoms with Crippen LogP contribution < -0.4 is 10.5 Å². The molecule has 5 nitrogen and oxygen atoms in total. The molecule has 0 spiro atoms. The van der Waals surface area contributed by atoms with Crippen LogP contribution in [0.15, 0.2) is 46.9 Å². The van der Waals surface area contributed by atoms with Crippen molar-refractivity contribution in [2.24, 2.45) is 0 Å². The van der Waals surface area contributed by atoms with Gasteiger partial charge < -0.3 is 9.88 Å². The predicted molar refractivity (Wildman–Crippen MR) is 104 cm³/mol. The van der Waals surface area contributed by atoms with Gasteiger partial charge in [-0.2, -0.15) is 0 Å². The van der Waals surface area contributed by atoms with Crippen LogP contribution in [-0.4, -0.2) is 39.9 Å². The maximum absolute atomic E-state index is 13.0. The van der Waals surface area contributed by atoms with E-state index in [9.17, 15) is 4.79 Å². The molecule has 0 radical (unpaired) electrons. The molecular weight excluding hydrogens is 332 g/mol. The van der Waals surface area contributed by atoms with Gasteiger partial charge in [0.15, 0.2) is 5.16 Å². The number of quaternary nitrogens is 1. The van der Waals surface area contributed by atoms with Gasteiger partial charge in [-0.1, -0.05) is 36.0 Å². The number of fused-ring (bicyclic) bond motifs is 3. The Hall–Kier alpha value is -2.05. The standard InChI is InChI=1S/C19H22N4OS/c1-2-9-23-18(24)17-16(14-7-3-4-8-15(14)20-17)21-19(23)25-13-12-22-10-5-6-11-22/h2-4,7-8,20H,1,5-6,9-13H2/p+1. The van der Waals surface area contributed by atoms with Crippen LogP contribution in [0.2, 0.25) is 0 Å². The van der Waals surface area contributed by atoms with Gasteiger partial charge in [-0.25, -0.2) is 4.98 Å². The molecule has 1 aliphatic heterocycles. The number of likely N-dealkylation sites (tertiary alicyclic amines) is 1. The molecule has 0 saturated carbocycles. The van der Waals surface area contributed by atoms with Crippen molar-refractivity contribution >= 4 is 33.7 Å². The average Bonchev–Trinajstić information content (AvgIpc) is 3.26. The molecule has 2 aromatic heterocycles. The van der Waals surface area contributed by atoms with Gasteiger partial charge in [0, 0.05) is 30.3 Å². The molecule has 25 heavy (non-hydrogen) atoms. The summed E-state index contributed by atoms with van der Waals surface area (Å²) in [4.78, 5) is 22.7. The van der Waals surface area contributed by atoms with E-state index < -0.39 is 0 Å². The number of allylic oxidation sites excluding steroid dienone is 1. The van der Waals surface area contributed by atoms with Crippen molar-refractivity contribution < 1.29 is 4.90 Å². The SMILES string of the molecule is C=CCn1c(SCC[NH+]2CCCC2)nc2c([nH]c3ccccc32)c1=O. The third kappa shape index (κ3) is 3.12. The smallest absolute Gasteiger partial charge is 0.278 e. The number of para-hydroxylation sites is 1. The molecule has 0 amide bonds. The highest BCUT2D eigenvalue weighted by Gasteiger charge is 2.17. The molecule has 1 aliphatic rings. The van der Waals surface area contributed by atoms with Crippen molar-refractivity contribution in [2.45, 2.75) is 24.5 Å². The lowest BCUT2D eigenvalue weighted by Gasteiger charge is -2.13. The number of hydrogen-bond donors (Lipinski definition) is 2. The van der Waals surface area contributed by atoms with E-state index in [0.717, 1.165) is 33.9 Å². The van der Waals surface area contributed by atoms with Gasteiger partial charge in [0.25, 0.3) is 5.56 Å². The molecule has 3 heterocycles. The van der Waals surface area contributed by atoms with Crippen molar-refractivity contribution in [3.8, 4) is 0 Å². The van der Waals surface area contributed by atoms with E-state index in [-0.39, 0.29) is 5.56 Å². The molecule has 6 heteroatoms. The van der Waals surface area contributed by atoms with Crippen molar-refractivity contribution in [1.29, 1.82) is 0 Å². The Kier molecular flexibility index (Phi) is 4.63. The zero-order valence-electron chi connectivity index (χ0n) is 14.3. The van der Waals surface area contributed by atoms with Gasteiger partial charge in [0.2, 0.25) is 0 Å². The van der Waals surface area contributed by atoms with Crippen LogP contribution in [0.3, 0.4) is 0 Å². The summed E-state index contributed by atoms with van der Waals surface area (Å²) in [5.41, 5.74) is 2.29. The lowest BCUT2D eigenvalue weighted by atomic mass is 10.2. The zero-order chi connectivity index (χ0) is 17.2. The fraction of sp³-hybridized carbons (Fsp3) is 0.368. The second-order valence-corrected chi connectivity index (χ2v) is 7.61.